The van der Waals surface area contributed by atoms with Crippen LogP contribution in [0.5, 0.6) is 0 Å². The van der Waals surface area contributed by atoms with Gasteiger partial charge in [0.1, 0.15) is 17.9 Å². The number of nitrogens with two attached hydrogens (primary N) is 1. The van der Waals surface area contributed by atoms with Crippen LogP contribution in [-0.4, -0.2) is 49.9 Å². The first-order chi connectivity index (χ1) is 16.2. The number of benzene rings is 2. The molecule has 0 aliphatic rings. The summed E-state index contributed by atoms with van der Waals surface area (Å²) < 4.78 is 26.8. The lowest BCUT2D eigenvalue weighted by Crippen LogP contribution is -2.50. The Bertz CT molecular complexity index is 1080. The molecule has 0 fully saturated rings. The number of nitrogen functional groups attached to an aromatic ring is 1. The highest BCUT2D eigenvalue weighted by Crippen LogP contribution is 2.15. The van der Waals surface area contributed by atoms with Crippen molar-refractivity contribution in [2.45, 2.75) is 32.0 Å². The van der Waals surface area contributed by atoms with Crippen LogP contribution < -0.4 is 21.1 Å². The number of hydrogen-bond acceptors (Lipinski definition) is 6. The van der Waals surface area contributed by atoms with Crippen molar-refractivity contribution in [2.24, 2.45) is 5.73 Å². The Morgan fingerprint density at radius 1 is 1.06 bits per heavy atom. The average Bonchev–Trinajstić information content (AvgIpc) is 2.84. The molecule has 0 unspecified atom stereocenters. The van der Waals surface area contributed by atoms with Gasteiger partial charge >= 0.3 is 0 Å². The van der Waals surface area contributed by atoms with Crippen molar-refractivity contribution in [3.63, 3.8) is 0 Å². The third kappa shape index (κ3) is 8.47. The Balaban J connectivity index is 2.14. The Morgan fingerprint density at radius 3 is 2.26 bits per heavy atom. The van der Waals surface area contributed by atoms with Crippen LogP contribution in [0.2, 0.25) is 0 Å². The SMILES string of the molecule is CCS(=O)(=O)N[C@@H](C(=O)N[C@@H](CCSC)C(=O)NCc1ccc(C(=N)N)cc1)c1ccccc1. The Labute approximate surface area is 204 Å². The number of rotatable bonds is 13. The van der Waals surface area contributed by atoms with Gasteiger partial charge in [0.05, 0.1) is 5.75 Å². The van der Waals surface area contributed by atoms with E-state index in [0.29, 0.717) is 23.3 Å². The molecule has 34 heavy (non-hydrogen) atoms. The van der Waals surface area contributed by atoms with Crippen LogP contribution in [0.3, 0.4) is 0 Å². The molecule has 2 amide bonds. The van der Waals surface area contributed by atoms with Gasteiger partial charge in [-0.3, -0.25) is 15.0 Å². The standard InChI is InChI=1S/C23H31N5O4S2/c1-3-34(31,32)28-20(17-7-5-4-6-8-17)23(30)27-19(13-14-33-2)22(29)26-15-16-9-11-18(12-10-16)21(24)25/h4-12,19-20,28H,3,13-15H2,1-2H3,(H3,24,25)(H,26,29)(H,27,30)/t19-,20+/m0/s1. The molecule has 0 aromatic heterocycles. The second-order valence-electron chi connectivity index (χ2n) is 7.54. The van der Waals surface area contributed by atoms with Crippen molar-refractivity contribution < 1.29 is 18.0 Å². The largest absolute Gasteiger partial charge is 0.384 e. The Morgan fingerprint density at radius 2 is 1.71 bits per heavy atom. The highest BCUT2D eigenvalue weighted by atomic mass is 32.2. The van der Waals surface area contributed by atoms with Gasteiger partial charge < -0.3 is 16.4 Å². The summed E-state index contributed by atoms with van der Waals surface area (Å²) in [6.45, 7) is 1.72. The van der Waals surface area contributed by atoms with Gasteiger partial charge in [-0.25, -0.2) is 8.42 Å². The van der Waals surface area contributed by atoms with Crippen molar-refractivity contribution in [1.29, 1.82) is 5.41 Å². The van der Waals surface area contributed by atoms with Crippen LogP contribution >= 0.6 is 11.8 Å². The molecule has 2 rings (SSSR count). The zero-order chi connectivity index (χ0) is 25.1. The zero-order valence-corrected chi connectivity index (χ0v) is 20.8. The minimum absolute atomic E-state index is 0.0397. The van der Waals surface area contributed by atoms with Gasteiger partial charge in [0.2, 0.25) is 21.8 Å². The molecule has 184 valence electrons. The third-order valence-electron chi connectivity index (χ3n) is 5.05. The van der Waals surface area contributed by atoms with Crippen LogP contribution in [0.15, 0.2) is 54.6 Å². The first-order valence-corrected chi connectivity index (χ1v) is 13.8. The van der Waals surface area contributed by atoms with E-state index in [2.05, 4.69) is 15.4 Å². The second-order valence-corrected chi connectivity index (χ2v) is 10.6. The molecule has 0 radical (unpaired) electrons. The molecule has 0 bridgehead atoms. The lowest BCUT2D eigenvalue weighted by molar-refractivity contribution is -0.130. The van der Waals surface area contributed by atoms with Gasteiger partial charge in [0.25, 0.3) is 0 Å². The number of carbonyl (C=O) groups is 2. The highest BCUT2D eigenvalue weighted by Gasteiger charge is 2.29. The van der Waals surface area contributed by atoms with Gasteiger partial charge in [-0.15, -0.1) is 0 Å². The molecule has 0 saturated heterocycles. The summed E-state index contributed by atoms with van der Waals surface area (Å²) in [7, 11) is -3.68. The van der Waals surface area contributed by atoms with E-state index in [-0.39, 0.29) is 24.0 Å². The van der Waals surface area contributed by atoms with E-state index in [1.807, 2.05) is 6.26 Å². The molecule has 2 atom stereocenters. The third-order valence-corrected chi connectivity index (χ3v) is 7.05. The minimum atomic E-state index is -3.68. The molecule has 2 aromatic carbocycles. The fraction of sp³-hybridized carbons (Fsp3) is 0.348. The van der Waals surface area contributed by atoms with E-state index in [9.17, 15) is 18.0 Å². The fourth-order valence-corrected chi connectivity index (χ4v) is 4.30. The lowest BCUT2D eigenvalue weighted by Gasteiger charge is -2.23. The van der Waals surface area contributed by atoms with Crippen molar-refractivity contribution in [2.75, 3.05) is 17.8 Å². The van der Waals surface area contributed by atoms with Crippen molar-refractivity contribution in [3.8, 4) is 0 Å². The summed E-state index contributed by atoms with van der Waals surface area (Å²) in [5.41, 5.74) is 7.34. The summed E-state index contributed by atoms with van der Waals surface area (Å²) in [6.07, 6.45) is 2.28. The molecular formula is C23H31N5O4S2. The predicted molar refractivity (Wildman–Crippen MR) is 136 cm³/mol. The Kier molecular flexibility index (Phi) is 10.6. The maximum absolute atomic E-state index is 13.1. The summed E-state index contributed by atoms with van der Waals surface area (Å²) >= 11 is 1.54. The number of sulfonamides is 1. The van der Waals surface area contributed by atoms with Crippen molar-refractivity contribution in [3.05, 3.63) is 71.3 Å². The molecule has 6 N–H and O–H groups in total. The first-order valence-electron chi connectivity index (χ1n) is 10.7. The molecule has 0 aliphatic carbocycles. The van der Waals surface area contributed by atoms with E-state index < -0.39 is 28.0 Å². The van der Waals surface area contributed by atoms with Crippen molar-refractivity contribution in [1.82, 2.24) is 15.4 Å². The number of amidine groups is 1. The van der Waals surface area contributed by atoms with Crippen molar-refractivity contribution >= 4 is 39.4 Å². The first kappa shape index (κ1) is 27.4. The number of amides is 2. The van der Waals surface area contributed by atoms with E-state index in [0.717, 1.165) is 5.56 Å². The van der Waals surface area contributed by atoms with E-state index in [1.54, 1.807) is 54.6 Å². The molecule has 0 aliphatic heterocycles. The smallest absolute Gasteiger partial charge is 0.243 e. The topological polar surface area (TPSA) is 154 Å². The minimum Gasteiger partial charge on any atom is -0.384 e. The number of carbonyl (C=O) groups excluding carboxylic acids is 2. The summed E-state index contributed by atoms with van der Waals surface area (Å²) in [5.74, 6) is -0.564. The van der Waals surface area contributed by atoms with Gasteiger partial charge in [-0.1, -0.05) is 54.6 Å². The fourth-order valence-electron chi connectivity index (χ4n) is 3.06. The number of nitrogens with one attached hydrogen (secondary N) is 4. The summed E-state index contributed by atoms with van der Waals surface area (Å²) in [6, 6.07) is 13.4. The Hall–Kier alpha value is -2.89. The molecule has 0 heterocycles. The van der Waals surface area contributed by atoms with E-state index in [4.69, 9.17) is 11.1 Å². The maximum Gasteiger partial charge on any atom is 0.243 e. The average molecular weight is 506 g/mol. The molecule has 0 saturated carbocycles. The van der Waals surface area contributed by atoms with Gasteiger partial charge in [-0.05, 0) is 36.5 Å². The van der Waals surface area contributed by atoms with E-state index in [1.165, 1.54) is 18.7 Å². The maximum atomic E-state index is 13.1. The van der Waals surface area contributed by atoms with Crippen LogP contribution in [-0.2, 0) is 26.2 Å². The van der Waals surface area contributed by atoms with E-state index >= 15 is 0 Å². The summed E-state index contributed by atoms with van der Waals surface area (Å²) in [5, 5.41) is 13.0. The quantitative estimate of drug-likeness (QED) is 0.205. The van der Waals surface area contributed by atoms with Crippen LogP contribution in [0, 0.1) is 5.41 Å². The second kappa shape index (κ2) is 13.1. The molecule has 11 heteroatoms. The molecular weight excluding hydrogens is 474 g/mol. The molecule has 2 aromatic rings. The monoisotopic (exact) mass is 505 g/mol. The van der Waals surface area contributed by atoms with Gasteiger partial charge in [-0.2, -0.15) is 16.5 Å². The molecule has 9 nitrogen and oxygen atoms in total. The van der Waals surface area contributed by atoms with Crippen LogP contribution in [0.4, 0.5) is 0 Å². The number of thioether (sulfide) groups is 1. The van der Waals surface area contributed by atoms with Gasteiger partial charge in [0.15, 0.2) is 0 Å². The normalized spacial score (nSPS) is 13.0. The van der Waals surface area contributed by atoms with Gasteiger partial charge in [0, 0.05) is 12.1 Å². The summed E-state index contributed by atoms with van der Waals surface area (Å²) in [4.78, 5) is 26.0. The lowest BCUT2D eigenvalue weighted by atomic mass is 10.1. The van der Waals surface area contributed by atoms with Crippen LogP contribution in [0.1, 0.15) is 36.1 Å². The predicted octanol–water partition coefficient (Wildman–Crippen LogP) is 1.51. The highest BCUT2D eigenvalue weighted by molar-refractivity contribution is 7.98. The molecule has 0 spiro atoms. The number of hydrogen-bond donors (Lipinski definition) is 5. The van der Waals surface area contributed by atoms with Crippen LogP contribution in [0.25, 0.3) is 0 Å². The zero-order valence-electron chi connectivity index (χ0n) is 19.2.